The first kappa shape index (κ1) is 23.7. The van der Waals surface area contributed by atoms with Crippen LogP contribution in [0.1, 0.15) is 18.9 Å². The number of thiazole rings is 1. The second kappa shape index (κ2) is 10.6. The zero-order valence-corrected chi connectivity index (χ0v) is 20.5. The average molecular weight is 487 g/mol. The Bertz CT molecular complexity index is 1190. The molecule has 7 nitrogen and oxygen atoms in total. The first-order valence-electron chi connectivity index (χ1n) is 11.4. The number of nitrogens with zero attached hydrogens (tertiary/aromatic N) is 3. The minimum absolute atomic E-state index is 0.0254. The number of carbonyl (C=O) groups excluding carboxylic acids is 1. The summed E-state index contributed by atoms with van der Waals surface area (Å²) >= 11 is 1.75. The molecule has 1 N–H and O–H groups in total. The molecule has 2 aromatic carbocycles. The molecule has 0 radical (unpaired) electrons. The van der Waals surface area contributed by atoms with E-state index in [0.717, 1.165) is 49.8 Å². The first-order valence-corrected chi connectivity index (χ1v) is 13.8. The maximum absolute atomic E-state index is 12.3. The van der Waals surface area contributed by atoms with Crippen LogP contribution in [0.5, 0.6) is 0 Å². The van der Waals surface area contributed by atoms with Crippen LogP contribution < -0.4 is 10.2 Å². The lowest BCUT2D eigenvalue weighted by Crippen LogP contribution is -2.48. The molecule has 3 aromatic rings. The zero-order valence-electron chi connectivity index (χ0n) is 18.9. The Labute approximate surface area is 199 Å². The third kappa shape index (κ3) is 6.10. The van der Waals surface area contributed by atoms with Crippen LogP contribution in [0, 0.1) is 0 Å². The number of anilines is 1. The van der Waals surface area contributed by atoms with Gasteiger partial charge in [0.25, 0.3) is 0 Å². The van der Waals surface area contributed by atoms with E-state index in [1.165, 1.54) is 10.3 Å². The highest BCUT2D eigenvalue weighted by atomic mass is 32.2. The summed E-state index contributed by atoms with van der Waals surface area (Å²) in [5.74, 6) is -0.405. The van der Waals surface area contributed by atoms with Gasteiger partial charge in [-0.1, -0.05) is 42.5 Å². The fourth-order valence-electron chi connectivity index (χ4n) is 3.89. The van der Waals surface area contributed by atoms with Gasteiger partial charge in [0, 0.05) is 45.7 Å². The number of benzene rings is 2. The number of hydrogen-bond acceptors (Lipinski definition) is 7. The molecular formula is C24H30N4O3S2. The molecule has 1 saturated heterocycles. The summed E-state index contributed by atoms with van der Waals surface area (Å²) in [7, 11) is -3.43. The molecule has 1 fully saturated rings. The molecule has 1 aromatic heterocycles. The Morgan fingerprint density at radius 3 is 2.58 bits per heavy atom. The maximum Gasteiger partial charge on any atom is 0.221 e. The molecule has 1 amide bonds. The number of aromatic nitrogens is 1. The molecule has 176 valence electrons. The van der Waals surface area contributed by atoms with E-state index < -0.39 is 9.84 Å². The minimum Gasteiger partial charge on any atom is -0.355 e. The summed E-state index contributed by atoms with van der Waals surface area (Å²) in [4.78, 5) is 21.8. The standard InChI is InChI=1S/C24H30N4O3S2/c1-2-19-8-9-21-22(18-19)32-24(26-21)28-15-13-27(14-16-28)12-11-25-23(29)10-17-33(30,31)20-6-4-3-5-7-20/h3-9,18H,2,10-17H2,1H3,(H,25,29). The Kier molecular flexibility index (Phi) is 7.62. The molecule has 0 aliphatic carbocycles. The molecule has 9 heteroatoms. The van der Waals surface area contributed by atoms with E-state index >= 15 is 0 Å². The minimum atomic E-state index is -3.43. The number of hydrogen-bond donors (Lipinski definition) is 1. The summed E-state index contributed by atoms with van der Waals surface area (Å²) in [5.41, 5.74) is 2.40. The molecule has 0 unspecified atom stereocenters. The van der Waals surface area contributed by atoms with Gasteiger partial charge < -0.3 is 10.2 Å². The predicted octanol–water partition coefficient (Wildman–Crippen LogP) is 2.96. The van der Waals surface area contributed by atoms with E-state index in [1.54, 1.807) is 41.7 Å². The molecule has 2 heterocycles. The van der Waals surface area contributed by atoms with Crippen molar-refractivity contribution in [1.82, 2.24) is 15.2 Å². The van der Waals surface area contributed by atoms with E-state index in [1.807, 2.05) is 0 Å². The van der Waals surface area contributed by atoms with Gasteiger partial charge in [-0.05, 0) is 36.2 Å². The topological polar surface area (TPSA) is 82.6 Å². The predicted molar refractivity (Wildman–Crippen MR) is 134 cm³/mol. The zero-order chi connectivity index (χ0) is 23.3. The van der Waals surface area contributed by atoms with E-state index in [9.17, 15) is 13.2 Å². The number of fused-ring (bicyclic) bond motifs is 1. The Balaban J connectivity index is 1.18. The van der Waals surface area contributed by atoms with Crippen LogP contribution in [0.2, 0.25) is 0 Å². The van der Waals surface area contributed by atoms with Gasteiger partial charge in [-0.15, -0.1) is 0 Å². The third-order valence-electron chi connectivity index (χ3n) is 5.94. The number of carbonyl (C=O) groups is 1. The lowest BCUT2D eigenvalue weighted by molar-refractivity contribution is -0.120. The van der Waals surface area contributed by atoms with Gasteiger partial charge >= 0.3 is 0 Å². The second-order valence-electron chi connectivity index (χ2n) is 8.21. The molecule has 4 rings (SSSR count). The molecule has 0 atom stereocenters. The lowest BCUT2D eigenvalue weighted by Gasteiger charge is -2.34. The third-order valence-corrected chi connectivity index (χ3v) is 8.75. The van der Waals surface area contributed by atoms with Gasteiger partial charge in [0.15, 0.2) is 15.0 Å². The van der Waals surface area contributed by atoms with Gasteiger partial charge in [0.2, 0.25) is 5.91 Å². The van der Waals surface area contributed by atoms with Crippen molar-refractivity contribution >= 4 is 42.4 Å². The van der Waals surface area contributed by atoms with Crippen molar-refractivity contribution in [2.24, 2.45) is 0 Å². The number of nitrogens with one attached hydrogen (secondary N) is 1. The van der Waals surface area contributed by atoms with E-state index in [-0.39, 0.29) is 23.0 Å². The average Bonchev–Trinajstić information content (AvgIpc) is 3.27. The van der Waals surface area contributed by atoms with Crippen molar-refractivity contribution in [3.05, 3.63) is 54.1 Å². The SMILES string of the molecule is CCc1ccc2nc(N3CCN(CCNC(=O)CCS(=O)(=O)c4ccccc4)CC3)sc2c1. The summed E-state index contributed by atoms with van der Waals surface area (Å²) in [6, 6.07) is 14.8. The van der Waals surface area contributed by atoms with Crippen molar-refractivity contribution in [2.75, 3.05) is 49.9 Å². The fraction of sp³-hybridized carbons (Fsp3) is 0.417. The molecule has 0 saturated carbocycles. The molecule has 1 aliphatic heterocycles. The van der Waals surface area contributed by atoms with Gasteiger partial charge in [0.05, 0.1) is 20.9 Å². The summed E-state index contributed by atoms with van der Waals surface area (Å²) < 4.78 is 25.8. The van der Waals surface area contributed by atoms with Crippen LogP contribution in [0.3, 0.4) is 0 Å². The highest BCUT2D eigenvalue weighted by molar-refractivity contribution is 7.91. The maximum atomic E-state index is 12.3. The summed E-state index contributed by atoms with van der Waals surface area (Å²) in [6.07, 6.45) is 1.00. The normalized spacial score (nSPS) is 15.1. The van der Waals surface area contributed by atoms with Crippen molar-refractivity contribution in [3.8, 4) is 0 Å². The lowest BCUT2D eigenvalue weighted by atomic mass is 10.2. The largest absolute Gasteiger partial charge is 0.355 e. The van der Waals surface area contributed by atoms with Crippen LogP contribution in [0.25, 0.3) is 10.2 Å². The van der Waals surface area contributed by atoms with Crippen molar-refractivity contribution in [3.63, 3.8) is 0 Å². The van der Waals surface area contributed by atoms with Gasteiger partial charge in [-0.25, -0.2) is 13.4 Å². The summed E-state index contributed by atoms with van der Waals surface area (Å²) in [6.45, 7) is 7.07. The smallest absolute Gasteiger partial charge is 0.221 e. The quantitative estimate of drug-likeness (QED) is 0.501. The van der Waals surface area contributed by atoms with E-state index in [4.69, 9.17) is 4.98 Å². The molecule has 0 spiro atoms. The van der Waals surface area contributed by atoms with Crippen LogP contribution in [-0.2, 0) is 21.1 Å². The van der Waals surface area contributed by atoms with Crippen LogP contribution >= 0.6 is 11.3 Å². The first-order chi connectivity index (χ1) is 15.9. The molecular weight excluding hydrogens is 456 g/mol. The number of rotatable bonds is 9. The fourth-order valence-corrected chi connectivity index (χ4v) is 6.23. The number of amides is 1. The monoisotopic (exact) mass is 486 g/mol. The van der Waals surface area contributed by atoms with Gasteiger partial charge in [0.1, 0.15) is 0 Å². The molecule has 0 bridgehead atoms. The van der Waals surface area contributed by atoms with Crippen LogP contribution in [-0.4, -0.2) is 69.2 Å². The van der Waals surface area contributed by atoms with Crippen molar-refractivity contribution in [2.45, 2.75) is 24.7 Å². The van der Waals surface area contributed by atoms with Gasteiger partial charge in [-0.3, -0.25) is 9.69 Å². The van der Waals surface area contributed by atoms with Crippen molar-refractivity contribution < 1.29 is 13.2 Å². The number of aryl methyl sites for hydroxylation is 1. The highest BCUT2D eigenvalue weighted by Crippen LogP contribution is 2.30. The molecule has 1 aliphatic rings. The number of piperazine rings is 1. The van der Waals surface area contributed by atoms with Crippen LogP contribution in [0.15, 0.2) is 53.4 Å². The summed E-state index contributed by atoms with van der Waals surface area (Å²) in [5, 5.41) is 3.93. The van der Waals surface area contributed by atoms with Crippen LogP contribution in [0.4, 0.5) is 5.13 Å². The van der Waals surface area contributed by atoms with E-state index in [2.05, 4.69) is 40.2 Å². The highest BCUT2D eigenvalue weighted by Gasteiger charge is 2.20. The Morgan fingerprint density at radius 2 is 1.85 bits per heavy atom. The Hall–Kier alpha value is -2.49. The Morgan fingerprint density at radius 1 is 1.09 bits per heavy atom. The second-order valence-corrected chi connectivity index (χ2v) is 11.3. The number of sulfone groups is 1. The van der Waals surface area contributed by atoms with Gasteiger partial charge in [-0.2, -0.15) is 0 Å². The van der Waals surface area contributed by atoms with E-state index in [0.29, 0.717) is 6.54 Å². The van der Waals surface area contributed by atoms with Crippen molar-refractivity contribution in [1.29, 1.82) is 0 Å². The molecule has 33 heavy (non-hydrogen) atoms.